The van der Waals surface area contributed by atoms with E-state index in [0.717, 1.165) is 24.6 Å². The fourth-order valence-corrected chi connectivity index (χ4v) is 3.28. The Balaban J connectivity index is 1.67. The summed E-state index contributed by atoms with van der Waals surface area (Å²) in [6.07, 6.45) is 3.64. The van der Waals surface area contributed by atoms with Gasteiger partial charge < -0.3 is 5.11 Å². The molecule has 2 aliphatic rings. The molecule has 1 aliphatic heterocycles. The zero-order valence-corrected chi connectivity index (χ0v) is 11.8. The Bertz CT molecular complexity index is 473. The van der Waals surface area contributed by atoms with Crippen molar-refractivity contribution in [2.75, 3.05) is 6.54 Å². The molecule has 3 atom stereocenters. The lowest BCUT2D eigenvalue weighted by molar-refractivity contribution is -0.139. The zero-order valence-electron chi connectivity index (χ0n) is 11.8. The second-order valence-corrected chi connectivity index (χ2v) is 6.06. The van der Waals surface area contributed by atoms with Crippen LogP contribution >= 0.6 is 0 Å². The number of benzene rings is 1. The number of nitrogens with one attached hydrogen (secondary N) is 1. The normalized spacial score (nSPS) is 28.4. The van der Waals surface area contributed by atoms with Gasteiger partial charge in [0.1, 0.15) is 6.04 Å². The predicted molar refractivity (Wildman–Crippen MR) is 77.5 cm³/mol. The molecule has 2 fully saturated rings. The monoisotopic (exact) mass is 274 g/mol. The summed E-state index contributed by atoms with van der Waals surface area (Å²) in [6, 6.07) is 10.4. The minimum Gasteiger partial charge on any atom is -0.480 e. The van der Waals surface area contributed by atoms with Gasteiger partial charge in [-0.3, -0.25) is 15.0 Å². The lowest BCUT2D eigenvalue weighted by atomic mass is 10.1. The summed E-state index contributed by atoms with van der Waals surface area (Å²) >= 11 is 0. The van der Waals surface area contributed by atoms with E-state index < -0.39 is 12.0 Å². The molecule has 2 N–H and O–H groups in total. The van der Waals surface area contributed by atoms with Crippen LogP contribution in [0.5, 0.6) is 0 Å². The average molecular weight is 274 g/mol. The number of carbonyl (C=O) groups is 1. The first-order valence-electron chi connectivity index (χ1n) is 7.44. The van der Waals surface area contributed by atoms with E-state index >= 15 is 0 Å². The van der Waals surface area contributed by atoms with Crippen LogP contribution in [0.25, 0.3) is 0 Å². The number of nitrogens with zero attached hydrogens (tertiary/aromatic N) is 1. The van der Waals surface area contributed by atoms with Gasteiger partial charge in [0.2, 0.25) is 0 Å². The molecule has 4 nitrogen and oxygen atoms in total. The molecule has 0 bridgehead atoms. The maximum Gasteiger partial charge on any atom is 0.325 e. The smallest absolute Gasteiger partial charge is 0.325 e. The minimum absolute atomic E-state index is 0.270. The van der Waals surface area contributed by atoms with Gasteiger partial charge >= 0.3 is 5.97 Å². The van der Waals surface area contributed by atoms with Crippen molar-refractivity contribution in [2.24, 2.45) is 0 Å². The molecule has 0 aromatic heterocycles. The Morgan fingerprint density at radius 1 is 1.35 bits per heavy atom. The third-order valence-corrected chi connectivity index (χ3v) is 4.42. The molecule has 1 aromatic rings. The molecule has 0 amide bonds. The molecule has 1 heterocycles. The van der Waals surface area contributed by atoms with Crippen molar-refractivity contribution in [2.45, 2.75) is 50.4 Å². The SMILES string of the molecule is CC1CC(NC(C(=O)O)c2ccccc2)CN1C1CC1. The second-order valence-electron chi connectivity index (χ2n) is 6.06. The van der Waals surface area contributed by atoms with Gasteiger partial charge in [0.25, 0.3) is 0 Å². The number of likely N-dealkylation sites (tertiary alicyclic amines) is 1. The van der Waals surface area contributed by atoms with Gasteiger partial charge in [0, 0.05) is 24.7 Å². The topological polar surface area (TPSA) is 52.6 Å². The van der Waals surface area contributed by atoms with Crippen LogP contribution in [0.2, 0.25) is 0 Å². The summed E-state index contributed by atoms with van der Waals surface area (Å²) in [7, 11) is 0. The van der Waals surface area contributed by atoms with E-state index in [1.54, 1.807) is 0 Å². The molecule has 4 heteroatoms. The summed E-state index contributed by atoms with van der Waals surface area (Å²) in [5.41, 5.74) is 0.831. The molecule has 108 valence electrons. The molecule has 1 aliphatic carbocycles. The fourth-order valence-electron chi connectivity index (χ4n) is 3.28. The first kappa shape index (κ1) is 13.6. The van der Waals surface area contributed by atoms with Gasteiger partial charge in [0.05, 0.1) is 0 Å². The van der Waals surface area contributed by atoms with E-state index in [4.69, 9.17) is 0 Å². The van der Waals surface area contributed by atoms with Crippen molar-refractivity contribution in [1.29, 1.82) is 0 Å². The van der Waals surface area contributed by atoms with Gasteiger partial charge in [0.15, 0.2) is 0 Å². The number of carboxylic acids is 1. The average Bonchev–Trinajstić information content (AvgIpc) is 3.21. The molecule has 0 spiro atoms. The summed E-state index contributed by atoms with van der Waals surface area (Å²) in [5.74, 6) is -0.797. The van der Waals surface area contributed by atoms with Crippen LogP contribution < -0.4 is 5.32 Å². The first-order valence-corrected chi connectivity index (χ1v) is 7.44. The quantitative estimate of drug-likeness (QED) is 0.862. The highest BCUT2D eigenvalue weighted by Crippen LogP contribution is 2.33. The lowest BCUT2D eigenvalue weighted by Gasteiger charge is -2.21. The number of rotatable bonds is 5. The van der Waals surface area contributed by atoms with E-state index in [0.29, 0.717) is 6.04 Å². The Morgan fingerprint density at radius 3 is 2.65 bits per heavy atom. The summed E-state index contributed by atoms with van der Waals surface area (Å²) < 4.78 is 0. The Morgan fingerprint density at radius 2 is 2.05 bits per heavy atom. The number of aliphatic carboxylic acids is 1. The van der Waals surface area contributed by atoms with Gasteiger partial charge in [-0.05, 0) is 31.7 Å². The van der Waals surface area contributed by atoms with Gasteiger partial charge in [-0.15, -0.1) is 0 Å². The maximum atomic E-state index is 11.5. The Kier molecular flexibility index (Phi) is 3.76. The van der Waals surface area contributed by atoms with Crippen molar-refractivity contribution in [3.63, 3.8) is 0 Å². The third-order valence-electron chi connectivity index (χ3n) is 4.42. The van der Waals surface area contributed by atoms with Crippen molar-refractivity contribution in [3.05, 3.63) is 35.9 Å². The van der Waals surface area contributed by atoms with Crippen LogP contribution in [0.1, 0.15) is 37.8 Å². The number of carboxylic acid groups (broad SMARTS) is 1. The lowest BCUT2D eigenvalue weighted by Crippen LogP contribution is -2.39. The molecule has 1 saturated carbocycles. The van der Waals surface area contributed by atoms with E-state index in [2.05, 4.69) is 17.1 Å². The van der Waals surface area contributed by atoms with Gasteiger partial charge in [-0.2, -0.15) is 0 Å². The molecule has 1 saturated heterocycles. The molecule has 20 heavy (non-hydrogen) atoms. The van der Waals surface area contributed by atoms with E-state index in [9.17, 15) is 9.90 Å². The van der Waals surface area contributed by atoms with Crippen LogP contribution in [0.15, 0.2) is 30.3 Å². The summed E-state index contributed by atoms with van der Waals surface area (Å²) in [4.78, 5) is 14.1. The number of hydrogen-bond acceptors (Lipinski definition) is 3. The van der Waals surface area contributed by atoms with Crippen LogP contribution in [0.3, 0.4) is 0 Å². The summed E-state index contributed by atoms with van der Waals surface area (Å²) in [5, 5.41) is 12.8. The van der Waals surface area contributed by atoms with Crippen LogP contribution in [-0.2, 0) is 4.79 Å². The first-order chi connectivity index (χ1) is 9.65. The van der Waals surface area contributed by atoms with Gasteiger partial charge in [-0.1, -0.05) is 30.3 Å². The molecule has 3 rings (SSSR count). The maximum absolute atomic E-state index is 11.5. The summed E-state index contributed by atoms with van der Waals surface area (Å²) in [6.45, 7) is 3.22. The van der Waals surface area contributed by atoms with Crippen molar-refractivity contribution < 1.29 is 9.90 Å². The Labute approximate surface area is 119 Å². The zero-order chi connectivity index (χ0) is 14.1. The standard InChI is InChI=1S/C16H22N2O2/c1-11-9-13(10-18(11)14-7-8-14)17-15(16(19)20)12-5-3-2-4-6-12/h2-6,11,13-15,17H,7-10H2,1H3,(H,19,20). The number of hydrogen-bond donors (Lipinski definition) is 2. The van der Waals surface area contributed by atoms with Crippen molar-refractivity contribution in [1.82, 2.24) is 10.2 Å². The highest BCUT2D eigenvalue weighted by atomic mass is 16.4. The highest BCUT2D eigenvalue weighted by molar-refractivity contribution is 5.75. The Hall–Kier alpha value is -1.39. The predicted octanol–water partition coefficient (Wildman–Crippen LogP) is 2.03. The molecule has 0 radical (unpaired) electrons. The second kappa shape index (κ2) is 5.54. The van der Waals surface area contributed by atoms with Crippen LogP contribution in [0.4, 0.5) is 0 Å². The van der Waals surface area contributed by atoms with E-state index in [1.807, 2.05) is 30.3 Å². The van der Waals surface area contributed by atoms with Gasteiger partial charge in [-0.25, -0.2) is 0 Å². The van der Waals surface area contributed by atoms with E-state index in [-0.39, 0.29) is 6.04 Å². The van der Waals surface area contributed by atoms with Crippen LogP contribution in [0, 0.1) is 0 Å². The largest absolute Gasteiger partial charge is 0.480 e. The molecular weight excluding hydrogens is 252 g/mol. The van der Waals surface area contributed by atoms with E-state index in [1.165, 1.54) is 12.8 Å². The minimum atomic E-state index is -0.797. The van der Waals surface area contributed by atoms with Crippen molar-refractivity contribution >= 4 is 5.97 Å². The fraction of sp³-hybridized carbons (Fsp3) is 0.562. The molecular formula is C16H22N2O2. The molecule has 1 aromatic carbocycles. The third kappa shape index (κ3) is 2.86. The highest BCUT2D eigenvalue weighted by Gasteiger charge is 2.39. The van der Waals surface area contributed by atoms with Crippen molar-refractivity contribution in [3.8, 4) is 0 Å². The molecule has 3 unspecified atom stereocenters. The van der Waals surface area contributed by atoms with Crippen LogP contribution in [-0.4, -0.2) is 40.6 Å².